The van der Waals surface area contributed by atoms with Gasteiger partial charge in [-0.1, -0.05) is 0 Å². The number of nitrogens with zero attached hydrogens (tertiary/aromatic N) is 5. The molecule has 3 aromatic heterocycles. The summed E-state index contributed by atoms with van der Waals surface area (Å²) in [4.78, 5) is 28.1. The molecular formula is C18H17F3N6O4. The Morgan fingerprint density at radius 3 is 2.65 bits per heavy atom. The number of anilines is 1. The number of nitrogens with one attached hydrogen (secondary N) is 1. The molecule has 10 nitrogen and oxygen atoms in total. The Morgan fingerprint density at radius 1 is 1.26 bits per heavy atom. The molecular weight excluding hydrogens is 421 g/mol. The third-order valence-corrected chi connectivity index (χ3v) is 4.40. The largest absolute Gasteiger partial charge is 0.435 e. The molecule has 4 rings (SSSR count). The van der Waals surface area contributed by atoms with Gasteiger partial charge in [0, 0.05) is 44.4 Å². The highest BCUT2D eigenvalue weighted by Gasteiger charge is 2.42. The second-order valence-corrected chi connectivity index (χ2v) is 7.40. The van der Waals surface area contributed by atoms with E-state index in [-0.39, 0.29) is 23.5 Å². The minimum Gasteiger partial charge on any atom is -0.432 e. The number of hydrogen-bond acceptors (Lipinski definition) is 7. The molecule has 0 spiro atoms. The fraction of sp³-hybridized carbons (Fsp3) is 0.389. The van der Waals surface area contributed by atoms with Crippen LogP contribution in [0.4, 0.5) is 19.1 Å². The zero-order chi connectivity index (χ0) is 22.6. The number of ether oxygens (including phenoxy) is 2. The summed E-state index contributed by atoms with van der Waals surface area (Å²) >= 11 is 0. The number of pyridine rings is 1. The normalized spacial score (nSPS) is 18.4. The van der Waals surface area contributed by atoms with E-state index >= 15 is 0 Å². The van der Waals surface area contributed by atoms with Crippen molar-refractivity contribution in [2.24, 2.45) is 7.05 Å². The molecule has 1 amide bonds. The smallest absolute Gasteiger partial charge is 0.432 e. The molecule has 164 valence electrons. The third-order valence-electron chi connectivity index (χ3n) is 4.40. The van der Waals surface area contributed by atoms with Crippen LogP contribution in [0.1, 0.15) is 26.0 Å². The van der Waals surface area contributed by atoms with Gasteiger partial charge < -0.3 is 9.47 Å². The number of aromatic nitrogens is 5. The van der Waals surface area contributed by atoms with Gasteiger partial charge in [0.25, 0.3) is 0 Å². The number of rotatable bonds is 4. The summed E-state index contributed by atoms with van der Waals surface area (Å²) in [5.74, 6) is -2.41. The van der Waals surface area contributed by atoms with Crippen LogP contribution < -0.4 is 5.32 Å². The molecule has 3 aromatic rings. The highest BCUT2D eigenvalue weighted by atomic mass is 19.4. The molecule has 13 heteroatoms. The molecule has 0 saturated carbocycles. The summed E-state index contributed by atoms with van der Waals surface area (Å²) in [6.07, 6.45) is -3.36. The third kappa shape index (κ3) is 4.21. The summed E-state index contributed by atoms with van der Waals surface area (Å²) in [6, 6.07) is 2.91. The van der Waals surface area contributed by atoms with Crippen LogP contribution >= 0.6 is 0 Å². The summed E-state index contributed by atoms with van der Waals surface area (Å²) in [5.41, 5.74) is -0.610. The first-order valence-electron chi connectivity index (χ1n) is 9.09. The second kappa shape index (κ2) is 7.04. The first-order chi connectivity index (χ1) is 14.4. The Hall–Kier alpha value is -3.48. The minimum absolute atomic E-state index is 0.0741. The van der Waals surface area contributed by atoms with Crippen molar-refractivity contribution in [1.82, 2.24) is 24.4 Å². The van der Waals surface area contributed by atoms with Crippen LogP contribution in [-0.4, -0.2) is 48.1 Å². The summed E-state index contributed by atoms with van der Waals surface area (Å²) in [7, 11) is 1.39. The summed E-state index contributed by atoms with van der Waals surface area (Å²) < 4.78 is 52.4. The number of carbonyl (C=O) groups excluding carboxylic acids is 2. The van der Waals surface area contributed by atoms with Gasteiger partial charge >= 0.3 is 12.1 Å². The van der Waals surface area contributed by atoms with E-state index in [1.54, 1.807) is 13.8 Å². The molecule has 1 saturated heterocycles. The number of carbonyl (C=O) groups is 2. The lowest BCUT2D eigenvalue weighted by molar-refractivity contribution is -0.160. The van der Waals surface area contributed by atoms with Gasteiger partial charge in [-0.15, -0.1) is 5.10 Å². The van der Waals surface area contributed by atoms with Crippen LogP contribution in [0.25, 0.3) is 16.8 Å². The summed E-state index contributed by atoms with van der Waals surface area (Å²) in [5, 5.41) is 9.99. The molecule has 31 heavy (non-hydrogen) atoms. The van der Waals surface area contributed by atoms with Crippen molar-refractivity contribution in [2.45, 2.75) is 38.3 Å². The molecule has 0 aliphatic carbocycles. The Labute approximate surface area is 172 Å². The lowest BCUT2D eigenvalue weighted by Crippen LogP contribution is -2.26. The first kappa shape index (κ1) is 20.8. The van der Waals surface area contributed by atoms with E-state index < -0.39 is 35.6 Å². The van der Waals surface area contributed by atoms with Crippen molar-refractivity contribution in [1.29, 1.82) is 0 Å². The second-order valence-electron chi connectivity index (χ2n) is 7.40. The predicted octanol–water partition coefficient (Wildman–Crippen LogP) is 2.16. The quantitative estimate of drug-likeness (QED) is 0.621. The van der Waals surface area contributed by atoms with E-state index in [4.69, 9.17) is 9.47 Å². The van der Waals surface area contributed by atoms with Gasteiger partial charge in [-0.2, -0.15) is 23.3 Å². The SMILES string of the molecule is Cn1cc(-c2ccc3nc(NC(=O)C[C@H]4OC(C)(C)OC4=O)nn3c2)c(C(F)(F)F)n1. The van der Waals surface area contributed by atoms with E-state index in [0.29, 0.717) is 5.65 Å². The lowest BCUT2D eigenvalue weighted by atomic mass is 10.1. The summed E-state index contributed by atoms with van der Waals surface area (Å²) in [6.45, 7) is 3.10. The Morgan fingerprint density at radius 2 is 2.00 bits per heavy atom. The van der Waals surface area contributed by atoms with Crippen molar-refractivity contribution in [3.8, 4) is 11.1 Å². The van der Waals surface area contributed by atoms with Gasteiger partial charge in [0.2, 0.25) is 17.6 Å². The Bertz CT molecular complexity index is 1180. The van der Waals surface area contributed by atoms with E-state index in [1.165, 1.54) is 36.1 Å². The molecule has 1 aliphatic rings. The molecule has 0 aromatic carbocycles. The maximum Gasteiger partial charge on any atom is 0.435 e. The Balaban J connectivity index is 1.54. The van der Waals surface area contributed by atoms with Crippen LogP contribution in [-0.2, 0) is 32.3 Å². The maximum atomic E-state index is 13.3. The average Bonchev–Trinajstić information content (AvgIpc) is 3.28. The van der Waals surface area contributed by atoms with Gasteiger partial charge in [0.15, 0.2) is 17.4 Å². The number of alkyl halides is 3. The molecule has 1 N–H and O–H groups in total. The highest BCUT2D eigenvalue weighted by molar-refractivity contribution is 5.93. The standard InChI is InChI=1S/C18H17F3N6O4/c1-17(2)30-11(15(29)31-17)6-13(28)23-16-22-12-5-4-9(7-27(12)25-16)10-8-26(3)24-14(10)18(19,20)21/h4-5,7-8,11H,6H2,1-3H3,(H,23,25,28)/t11-/m1/s1. The van der Waals surface area contributed by atoms with E-state index in [2.05, 4.69) is 20.5 Å². The number of halogens is 3. The molecule has 4 heterocycles. The molecule has 0 bridgehead atoms. The maximum absolute atomic E-state index is 13.3. The highest BCUT2D eigenvalue weighted by Crippen LogP contribution is 2.36. The van der Waals surface area contributed by atoms with Crippen LogP contribution in [0.2, 0.25) is 0 Å². The van der Waals surface area contributed by atoms with E-state index in [0.717, 1.165) is 4.68 Å². The number of amides is 1. The van der Waals surface area contributed by atoms with Gasteiger partial charge in [0.05, 0.1) is 6.42 Å². The molecule has 0 unspecified atom stereocenters. The van der Waals surface area contributed by atoms with Crippen molar-refractivity contribution in [2.75, 3.05) is 5.32 Å². The Kier molecular flexibility index (Phi) is 4.72. The minimum atomic E-state index is -4.62. The fourth-order valence-corrected chi connectivity index (χ4v) is 3.20. The number of hydrogen-bond donors (Lipinski definition) is 1. The molecule has 1 aliphatic heterocycles. The van der Waals surface area contributed by atoms with E-state index in [1.807, 2.05) is 0 Å². The van der Waals surface area contributed by atoms with Gasteiger partial charge in [-0.05, 0) is 12.1 Å². The number of fused-ring (bicyclic) bond motifs is 1. The van der Waals surface area contributed by atoms with Crippen molar-refractivity contribution in [3.63, 3.8) is 0 Å². The molecule has 0 radical (unpaired) electrons. The monoisotopic (exact) mass is 438 g/mol. The fourth-order valence-electron chi connectivity index (χ4n) is 3.20. The van der Waals surface area contributed by atoms with Crippen molar-refractivity contribution >= 4 is 23.5 Å². The van der Waals surface area contributed by atoms with Crippen LogP contribution in [0.15, 0.2) is 24.5 Å². The van der Waals surface area contributed by atoms with Crippen LogP contribution in [0.5, 0.6) is 0 Å². The number of esters is 1. The number of cyclic esters (lactones) is 1. The topological polar surface area (TPSA) is 113 Å². The zero-order valence-electron chi connectivity index (χ0n) is 16.6. The average molecular weight is 438 g/mol. The van der Waals surface area contributed by atoms with Crippen LogP contribution in [0.3, 0.4) is 0 Å². The predicted molar refractivity (Wildman–Crippen MR) is 98.5 cm³/mol. The lowest BCUT2D eigenvalue weighted by Gasteiger charge is -2.14. The van der Waals surface area contributed by atoms with Gasteiger partial charge in [0.1, 0.15) is 0 Å². The van der Waals surface area contributed by atoms with Gasteiger partial charge in [-0.3, -0.25) is 14.8 Å². The van der Waals surface area contributed by atoms with Crippen molar-refractivity contribution in [3.05, 3.63) is 30.2 Å². The first-order valence-corrected chi connectivity index (χ1v) is 9.09. The molecule has 1 atom stereocenters. The van der Waals surface area contributed by atoms with Gasteiger partial charge in [-0.25, -0.2) is 9.31 Å². The van der Waals surface area contributed by atoms with Crippen LogP contribution in [0, 0.1) is 0 Å². The number of aryl methyl sites for hydroxylation is 1. The van der Waals surface area contributed by atoms with Crippen molar-refractivity contribution < 1.29 is 32.2 Å². The molecule has 1 fully saturated rings. The zero-order valence-corrected chi connectivity index (χ0v) is 16.6. The van der Waals surface area contributed by atoms with E-state index in [9.17, 15) is 22.8 Å².